The third-order valence-corrected chi connectivity index (χ3v) is 7.63. The van der Waals surface area contributed by atoms with Crippen molar-refractivity contribution in [3.63, 3.8) is 0 Å². The molecule has 0 aliphatic rings. The van der Waals surface area contributed by atoms with Crippen LogP contribution in [0, 0.1) is 6.92 Å². The highest BCUT2D eigenvalue weighted by atomic mass is 79.9. The molecule has 0 heterocycles. The molecule has 2 amide bonds. The zero-order chi connectivity index (χ0) is 25.9. The zero-order valence-electron chi connectivity index (χ0n) is 21.2. The van der Waals surface area contributed by atoms with Crippen LogP contribution in [0.2, 0.25) is 0 Å². The topological polar surface area (TPSA) is 49.4 Å². The van der Waals surface area contributed by atoms with E-state index in [2.05, 4.69) is 46.4 Å². The molecule has 36 heavy (non-hydrogen) atoms. The summed E-state index contributed by atoms with van der Waals surface area (Å²) in [5, 5.41) is 3.12. The molecule has 0 bridgehead atoms. The maximum Gasteiger partial charge on any atom is 0.243 e. The monoisotopic (exact) mass is 566 g/mol. The summed E-state index contributed by atoms with van der Waals surface area (Å²) < 4.78 is 0.980. The quantitative estimate of drug-likeness (QED) is 0.270. The number of benzene rings is 3. The number of amides is 2. The molecule has 190 valence electrons. The van der Waals surface area contributed by atoms with Crippen LogP contribution < -0.4 is 5.32 Å². The van der Waals surface area contributed by atoms with E-state index in [0.717, 1.165) is 27.8 Å². The van der Waals surface area contributed by atoms with Crippen molar-refractivity contribution < 1.29 is 9.59 Å². The van der Waals surface area contributed by atoms with Crippen LogP contribution in [0.5, 0.6) is 0 Å². The Bertz CT molecular complexity index is 1120. The van der Waals surface area contributed by atoms with E-state index in [-0.39, 0.29) is 17.9 Å². The van der Waals surface area contributed by atoms with E-state index in [1.54, 1.807) is 16.7 Å². The molecule has 3 rings (SSSR count). The first kappa shape index (κ1) is 28.0. The fraction of sp³-hybridized carbons (Fsp3) is 0.333. The number of hydrogen-bond donors (Lipinski definition) is 1. The van der Waals surface area contributed by atoms with Crippen molar-refractivity contribution in [1.82, 2.24) is 10.2 Å². The standard InChI is InChI=1S/C30H35BrN2O2S/c1-4-23(3)32-30(35)28(18-24-10-6-5-7-11-24)33(19-25-13-15-27(31)16-14-25)29(34)21-36-20-26-12-8-9-22(2)17-26/h5-17,23,28H,4,18-21H2,1-3H3,(H,32,35)/t23-,28-/m0/s1. The molecule has 0 saturated carbocycles. The Labute approximate surface area is 228 Å². The van der Waals surface area contributed by atoms with Gasteiger partial charge in [-0.3, -0.25) is 9.59 Å². The number of nitrogens with one attached hydrogen (secondary N) is 1. The molecule has 0 unspecified atom stereocenters. The van der Waals surface area contributed by atoms with Crippen molar-refractivity contribution in [3.8, 4) is 0 Å². The van der Waals surface area contributed by atoms with E-state index in [0.29, 0.717) is 18.7 Å². The number of thioether (sulfide) groups is 1. The first-order chi connectivity index (χ1) is 17.4. The van der Waals surface area contributed by atoms with Gasteiger partial charge in [0.2, 0.25) is 11.8 Å². The summed E-state index contributed by atoms with van der Waals surface area (Å²) >= 11 is 5.07. The van der Waals surface area contributed by atoms with Gasteiger partial charge in [-0.05, 0) is 49.1 Å². The largest absolute Gasteiger partial charge is 0.352 e. The van der Waals surface area contributed by atoms with E-state index in [1.807, 2.05) is 74.5 Å². The second kappa shape index (κ2) is 14.2. The lowest BCUT2D eigenvalue weighted by molar-refractivity contribution is -0.139. The molecule has 3 aromatic carbocycles. The van der Waals surface area contributed by atoms with Gasteiger partial charge in [-0.15, -0.1) is 11.8 Å². The summed E-state index contributed by atoms with van der Waals surface area (Å²) in [6.45, 7) is 6.49. The summed E-state index contributed by atoms with van der Waals surface area (Å²) in [6.07, 6.45) is 1.30. The van der Waals surface area contributed by atoms with E-state index < -0.39 is 6.04 Å². The fourth-order valence-corrected chi connectivity index (χ4v) is 5.04. The molecule has 3 aromatic rings. The summed E-state index contributed by atoms with van der Waals surface area (Å²) in [5.41, 5.74) is 4.43. The van der Waals surface area contributed by atoms with Gasteiger partial charge in [-0.2, -0.15) is 0 Å². The number of halogens is 1. The number of rotatable bonds is 12. The third kappa shape index (κ3) is 8.82. The van der Waals surface area contributed by atoms with Crippen molar-refractivity contribution in [2.75, 3.05) is 5.75 Å². The van der Waals surface area contributed by atoms with Gasteiger partial charge in [0, 0.05) is 29.2 Å². The predicted octanol–water partition coefficient (Wildman–Crippen LogP) is 6.55. The highest BCUT2D eigenvalue weighted by Gasteiger charge is 2.30. The van der Waals surface area contributed by atoms with E-state index in [9.17, 15) is 9.59 Å². The Morgan fingerprint density at radius 3 is 2.31 bits per heavy atom. The molecule has 0 aliphatic carbocycles. The van der Waals surface area contributed by atoms with Crippen LogP contribution in [0.3, 0.4) is 0 Å². The van der Waals surface area contributed by atoms with Gasteiger partial charge in [0.15, 0.2) is 0 Å². The van der Waals surface area contributed by atoms with Gasteiger partial charge < -0.3 is 10.2 Å². The summed E-state index contributed by atoms with van der Waals surface area (Å²) in [4.78, 5) is 29.0. The Morgan fingerprint density at radius 1 is 0.944 bits per heavy atom. The smallest absolute Gasteiger partial charge is 0.243 e. The number of aryl methyl sites for hydroxylation is 1. The molecule has 0 radical (unpaired) electrons. The van der Waals surface area contributed by atoms with Crippen LogP contribution in [0.1, 0.15) is 42.5 Å². The molecule has 0 aliphatic heterocycles. The lowest BCUT2D eigenvalue weighted by atomic mass is 10.0. The molecule has 0 saturated heterocycles. The van der Waals surface area contributed by atoms with Crippen LogP contribution in [-0.2, 0) is 28.3 Å². The minimum Gasteiger partial charge on any atom is -0.352 e. The van der Waals surface area contributed by atoms with Crippen LogP contribution >= 0.6 is 27.7 Å². The van der Waals surface area contributed by atoms with Gasteiger partial charge in [0.1, 0.15) is 6.04 Å². The normalized spacial score (nSPS) is 12.6. The number of carbonyl (C=O) groups is 2. The molecule has 6 heteroatoms. The van der Waals surface area contributed by atoms with Crippen LogP contribution in [0.25, 0.3) is 0 Å². The van der Waals surface area contributed by atoms with Gasteiger partial charge in [-0.1, -0.05) is 95.1 Å². The zero-order valence-corrected chi connectivity index (χ0v) is 23.6. The van der Waals surface area contributed by atoms with Crippen LogP contribution in [0.15, 0.2) is 83.3 Å². The molecule has 0 fully saturated rings. The van der Waals surface area contributed by atoms with Gasteiger partial charge in [-0.25, -0.2) is 0 Å². The predicted molar refractivity (Wildman–Crippen MR) is 154 cm³/mol. The maximum absolute atomic E-state index is 13.7. The minimum absolute atomic E-state index is 0.0317. The Morgan fingerprint density at radius 2 is 1.64 bits per heavy atom. The van der Waals surface area contributed by atoms with Crippen molar-refractivity contribution in [3.05, 3.63) is 106 Å². The highest BCUT2D eigenvalue weighted by Crippen LogP contribution is 2.20. The summed E-state index contributed by atoms with van der Waals surface area (Å²) in [5.74, 6) is 0.923. The maximum atomic E-state index is 13.7. The first-order valence-corrected chi connectivity index (χ1v) is 14.3. The molecule has 1 N–H and O–H groups in total. The average Bonchev–Trinajstić information content (AvgIpc) is 2.87. The summed E-state index contributed by atoms with van der Waals surface area (Å²) in [6, 6.07) is 25.6. The number of carbonyl (C=O) groups excluding carboxylic acids is 2. The van der Waals surface area contributed by atoms with E-state index in [1.165, 1.54) is 11.1 Å². The van der Waals surface area contributed by atoms with Gasteiger partial charge in [0.25, 0.3) is 0 Å². The van der Waals surface area contributed by atoms with Gasteiger partial charge >= 0.3 is 0 Å². The van der Waals surface area contributed by atoms with Crippen LogP contribution in [0.4, 0.5) is 0 Å². The first-order valence-electron chi connectivity index (χ1n) is 12.4. The molecule has 0 aromatic heterocycles. The Kier molecular flexibility index (Phi) is 11.1. The molecule has 4 nitrogen and oxygen atoms in total. The lowest BCUT2D eigenvalue weighted by Gasteiger charge is -2.32. The molecule has 2 atom stereocenters. The second-order valence-corrected chi connectivity index (χ2v) is 11.1. The average molecular weight is 568 g/mol. The highest BCUT2D eigenvalue weighted by molar-refractivity contribution is 9.10. The molecule has 0 spiro atoms. The Balaban J connectivity index is 1.85. The summed E-state index contributed by atoms with van der Waals surface area (Å²) in [7, 11) is 0. The second-order valence-electron chi connectivity index (χ2n) is 9.15. The fourth-order valence-electron chi connectivity index (χ4n) is 3.92. The van der Waals surface area contributed by atoms with Crippen LogP contribution in [-0.4, -0.2) is 34.6 Å². The number of hydrogen-bond acceptors (Lipinski definition) is 3. The lowest BCUT2D eigenvalue weighted by Crippen LogP contribution is -2.52. The SMILES string of the molecule is CC[C@H](C)NC(=O)[C@H](Cc1ccccc1)N(Cc1ccc(Br)cc1)C(=O)CSCc1cccc(C)c1. The Hall–Kier alpha value is -2.57. The number of nitrogens with zero attached hydrogens (tertiary/aromatic N) is 1. The molecular formula is C30H35BrN2O2S. The van der Waals surface area contributed by atoms with Crippen molar-refractivity contribution in [2.24, 2.45) is 0 Å². The molecular weight excluding hydrogens is 532 g/mol. The van der Waals surface area contributed by atoms with Crippen molar-refractivity contribution >= 4 is 39.5 Å². The van der Waals surface area contributed by atoms with E-state index >= 15 is 0 Å². The van der Waals surface area contributed by atoms with Gasteiger partial charge in [0.05, 0.1) is 5.75 Å². The third-order valence-electron chi connectivity index (χ3n) is 6.12. The van der Waals surface area contributed by atoms with Crippen molar-refractivity contribution in [1.29, 1.82) is 0 Å². The minimum atomic E-state index is -0.600. The van der Waals surface area contributed by atoms with Crippen molar-refractivity contribution in [2.45, 2.75) is 58.0 Å². The van der Waals surface area contributed by atoms with E-state index in [4.69, 9.17) is 0 Å².